The molecule has 0 aromatic heterocycles. The van der Waals surface area contributed by atoms with E-state index in [1.54, 1.807) is 42.4 Å². The van der Waals surface area contributed by atoms with E-state index in [9.17, 15) is 18.0 Å². The van der Waals surface area contributed by atoms with E-state index in [-0.39, 0.29) is 36.2 Å². The third kappa shape index (κ3) is 7.62. The summed E-state index contributed by atoms with van der Waals surface area (Å²) in [5.74, 6) is 0.205. The van der Waals surface area contributed by atoms with Gasteiger partial charge in [-0.05, 0) is 60.2 Å². The molecule has 1 aliphatic rings. The van der Waals surface area contributed by atoms with Gasteiger partial charge >= 0.3 is 0 Å². The van der Waals surface area contributed by atoms with Crippen molar-refractivity contribution in [2.75, 3.05) is 26.7 Å². The summed E-state index contributed by atoms with van der Waals surface area (Å²) >= 11 is 0. The van der Waals surface area contributed by atoms with Crippen molar-refractivity contribution in [3.63, 3.8) is 0 Å². The quantitative estimate of drug-likeness (QED) is 0.303. The van der Waals surface area contributed by atoms with Gasteiger partial charge < -0.3 is 15.0 Å². The Morgan fingerprint density at radius 2 is 1.61 bits per heavy atom. The first kappa shape index (κ1) is 30.0. The van der Waals surface area contributed by atoms with Gasteiger partial charge in [-0.15, -0.1) is 6.58 Å². The van der Waals surface area contributed by atoms with Gasteiger partial charge in [0.2, 0.25) is 21.8 Å². The molecule has 8 nitrogen and oxygen atoms in total. The zero-order valence-electron chi connectivity index (χ0n) is 23.4. The number of carbonyl (C=O) groups excluding carboxylic acids is 2. The van der Waals surface area contributed by atoms with Gasteiger partial charge in [0.25, 0.3) is 0 Å². The van der Waals surface area contributed by atoms with Crippen LogP contribution in [0, 0.1) is 0 Å². The predicted molar refractivity (Wildman–Crippen MR) is 159 cm³/mol. The minimum atomic E-state index is -3.50. The van der Waals surface area contributed by atoms with Gasteiger partial charge in [-0.2, -0.15) is 4.31 Å². The number of nitrogens with zero attached hydrogens (tertiary/aromatic N) is 2. The van der Waals surface area contributed by atoms with Crippen LogP contribution >= 0.6 is 0 Å². The van der Waals surface area contributed by atoms with Crippen LogP contribution < -0.4 is 10.1 Å². The molecule has 1 aliphatic heterocycles. The van der Waals surface area contributed by atoms with Crippen molar-refractivity contribution in [3.05, 3.63) is 108 Å². The Hall–Kier alpha value is -3.95. The SMILES string of the molecule is C=CCNC(=O)[C@H](c1ccccc1)N(Cc1ccc(OC)cc1)C(=O)CCc1ccc(S(=O)(=O)N2CCCC2)cc1. The van der Waals surface area contributed by atoms with Crippen molar-refractivity contribution in [2.24, 2.45) is 0 Å². The minimum Gasteiger partial charge on any atom is -0.497 e. The Labute approximate surface area is 242 Å². The summed E-state index contributed by atoms with van der Waals surface area (Å²) in [7, 11) is -1.91. The topological polar surface area (TPSA) is 96.0 Å². The minimum absolute atomic E-state index is 0.145. The van der Waals surface area contributed by atoms with Gasteiger partial charge in [0.15, 0.2) is 0 Å². The maximum atomic E-state index is 13.8. The molecule has 0 saturated carbocycles. The second kappa shape index (κ2) is 14.1. The lowest BCUT2D eigenvalue weighted by molar-refractivity contribution is -0.141. The molecule has 1 heterocycles. The van der Waals surface area contributed by atoms with Crippen LogP contribution in [0.15, 0.2) is 96.4 Å². The highest BCUT2D eigenvalue weighted by molar-refractivity contribution is 7.89. The Bertz CT molecular complexity index is 1420. The first-order chi connectivity index (χ1) is 19.8. The molecule has 0 unspecified atom stereocenters. The van der Waals surface area contributed by atoms with Gasteiger partial charge in [0.05, 0.1) is 12.0 Å². The number of ether oxygens (including phenoxy) is 1. The van der Waals surface area contributed by atoms with Crippen molar-refractivity contribution in [2.45, 2.75) is 43.2 Å². The van der Waals surface area contributed by atoms with E-state index in [2.05, 4.69) is 11.9 Å². The number of aryl methyl sites for hydroxylation is 1. The number of nitrogens with one attached hydrogen (secondary N) is 1. The second-order valence-electron chi connectivity index (χ2n) is 9.97. The van der Waals surface area contributed by atoms with E-state index in [1.807, 2.05) is 54.6 Å². The molecule has 3 aromatic rings. The number of hydrogen-bond donors (Lipinski definition) is 1. The van der Waals surface area contributed by atoms with E-state index in [0.717, 1.165) is 24.0 Å². The maximum absolute atomic E-state index is 13.8. The Morgan fingerprint density at radius 1 is 0.976 bits per heavy atom. The summed E-state index contributed by atoms with van der Waals surface area (Å²) < 4.78 is 32.5. The fourth-order valence-electron chi connectivity index (χ4n) is 4.93. The zero-order chi connectivity index (χ0) is 29.2. The average molecular weight is 576 g/mol. The first-order valence-electron chi connectivity index (χ1n) is 13.8. The van der Waals surface area contributed by atoms with Crippen LogP contribution in [0.25, 0.3) is 0 Å². The molecule has 1 saturated heterocycles. The van der Waals surface area contributed by atoms with E-state index in [4.69, 9.17) is 4.74 Å². The number of hydrogen-bond acceptors (Lipinski definition) is 5. The van der Waals surface area contributed by atoms with Crippen molar-refractivity contribution in [3.8, 4) is 5.75 Å². The lowest BCUT2D eigenvalue weighted by Gasteiger charge is -2.31. The number of rotatable bonds is 13. The second-order valence-corrected chi connectivity index (χ2v) is 11.9. The fraction of sp³-hybridized carbons (Fsp3) is 0.312. The maximum Gasteiger partial charge on any atom is 0.247 e. The average Bonchev–Trinajstić information content (AvgIpc) is 3.56. The highest BCUT2D eigenvalue weighted by atomic mass is 32.2. The molecule has 1 N–H and O–H groups in total. The summed E-state index contributed by atoms with van der Waals surface area (Å²) in [4.78, 5) is 29.1. The lowest BCUT2D eigenvalue weighted by atomic mass is 10.0. The van der Waals surface area contributed by atoms with Gasteiger partial charge in [-0.1, -0.05) is 60.7 Å². The molecule has 0 aliphatic carbocycles. The molecule has 41 heavy (non-hydrogen) atoms. The standard InChI is InChI=1S/C32H37N3O5S/c1-3-21-33-32(37)31(27-9-5-4-6-10-27)35(24-26-11-16-28(40-2)17-12-26)30(36)20-15-25-13-18-29(19-14-25)41(38,39)34-22-7-8-23-34/h3-6,9-14,16-19,31H,1,7-8,15,20-24H2,2H3,(H,33,37)/t31-/m0/s1. The fourth-order valence-corrected chi connectivity index (χ4v) is 6.45. The van der Waals surface area contributed by atoms with Crippen LogP contribution in [0.1, 0.15) is 42.0 Å². The number of carbonyl (C=O) groups is 2. The molecular formula is C32H37N3O5S. The number of amides is 2. The van der Waals surface area contributed by atoms with E-state index >= 15 is 0 Å². The molecule has 1 atom stereocenters. The third-order valence-corrected chi connectivity index (χ3v) is 9.09. The molecule has 2 amide bonds. The molecule has 9 heteroatoms. The zero-order valence-corrected chi connectivity index (χ0v) is 24.2. The summed E-state index contributed by atoms with van der Waals surface area (Å²) in [6, 6.07) is 22.5. The van der Waals surface area contributed by atoms with Crippen LogP contribution in [0.4, 0.5) is 0 Å². The summed E-state index contributed by atoms with van der Waals surface area (Å²) in [6.45, 7) is 5.28. The van der Waals surface area contributed by atoms with Crippen molar-refractivity contribution < 1.29 is 22.7 Å². The molecule has 0 bridgehead atoms. The molecule has 1 fully saturated rings. The molecular weight excluding hydrogens is 538 g/mol. The molecule has 3 aromatic carbocycles. The summed E-state index contributed by atoms with van der Waals surface area (Å²) in [6.07, 6.45) is 3.90. The predicted octanol–water partition coefficient (Wildman–Crippen LogP) is 4.48. The normalized spacial score (nSPS) is 14.3. The van der Waals surface area contributed by atoms with Gasteiger partial charge in [-0.25, -0.2) is 8.42 Å². The summed E-state index contributed by atoms with van der Waals surface area (Å²) in [5, 5.41) is 2.86. The highest BCUT2D eigenvalue weighted by Crippen LogP contribution is 2.26. The monoisotopic (exact) mass is 575 g/mol. The van der Waals surface area contributed by atoms with Crippen molar-refractivity contribution >= 4 is 21.8 Å². The van der Waals surface area contributed by atoms with E-state index in [0.29, 0.717) is 30.8 Å². The van der Waals surface area contributed by atoms with Gasteiger partial charge in [-0.3, -0.25) is 9.59 Å². The molecule has 216 valence electrons. The van der Waals surface area contributed by atoms with Crippen LogP contribution in [0.3, 0.4) is 0 Å². The van der Waals surface area contributed by atoms with Crippen molar-refractivity contribution in [1.29, 1.82) is 0 Å². The van der Waals surface area contributed by atoms with Crippen LogP contribution in [0.2, 0.25) is 0 Å². The van der Waals surface area contributed by atoms with Crippen LogP contribution in [0.5, 0.6) is 5.75 Å². The molecule has 4 rings (SSSR count). The molecule has 0 spiro atoms. The number of benzene rings is 3. The smallest absolute Gasteiger partial charge is 0.247 e. The summed E-state index contributed by atoms with van der Waals surface area (Å²) in [5.41, 5.74) is 2.40. The first-order valence-corrected chi connectivity index (χ1v) is 15.2. The Balaban J connectivity index is 1.56. The van der Waals surface area contributed by atoms with Gasteiger partial charge in [0, 0.05) is 32.6 Å². The van der Waals surface area contributed by atoms with Crippen molar-refractivity contribution in [1.82, 2.24) is 14.5 Å². The lowest BCUT2D eigenvalue weighted by Crippen LogP contribution is -2.43. The van der Waals surface area contributed by atoms with Crippen LogP contribution in [-0.2, 0) is 32.6 Å². The third-order valence-electron chi connectivity index (χ3n) is 7.18. The number of sulfonamides is 1. The van der Waals surface area contributed by atoms with Crippen LogP contribution in [-0.4, -0.2) is 56.2 Å². The number of methoxy groups -OCH3 is 1. The van der Waals surface area contributed by atoms with Gasteiger partial charge in [0.1, 0.15) is 11.8 Å². The highest BCUT2D eigenvalue weighted by Gasteiger charge is 2.31. The van der Waals surface area contributed by atoms with E-state index in [1.165, 1.54) is 4.31 Å². The Morgan fingerprint density at radius 3 is 2.22 bits per heavy atom. The Kier molecular flexibility index (Phi) is 10.3. The van der Waals surface area contributed by atoms with E-state index < -0.39 is 16.1 Å². The largest absolute Gasteiger partial charge is 0.497 e. The molecule has 0 radical (unpaired) electrons.